The molecule has 0 aliphatic heterocycles. The van der Waals surface area contributed by atoms with Crippen molar-refractivity contribution in [2.45, 2.75) is 13.2 Å². The second-order valence-electron chi connectivity index (χ2n) is 2.66. The number of rotatable bonds is 4. The lowest BCUT2D eigenvalue weighted by molar-refractivity contribution is -0.157. The van der Waals surface area contributed by atoms with E-state index < -0.39 is 23.4 Å². The number of aromatic nitrogens is 2. The zero-order valence-corrected chi connectivity index (χ0v) is 7.97. The predicted octanol–water partition coefficient (Wildman–Crippen LogP) is -0.844. The Balaban J connectivity index is 3.17. The van der Waals surface area contributed by atoms with Crippen molar-refractivity contribution in [3.8, 4) is 0 Å². The predicted molar refractivity (Wildman–Crippen MR) is 49.6 cm³/mol. The van der Waals surface area contributed by atoms with Crippen molar-refractivity contribution in [2.24, 2.45) is 0 Å². The fraction of sp³-hybridized carbons (Fsp3) is 0.375. The molecule has 0 aliphatic rings. The average molecular weight is 214 g/mol. The molecule has 0 fully saturated rings. The first-order chi connectivity index (χ1) is 7.06. The first kappa shape index (κ1) is 11.2. The summed E-state index contributed by atoms with van der Waals surface area (Å²) in [5.41, 5.74) is -1.40. The first-order valence-corrected chi connectivity index (χ1v) is 4.22. The van der Waals surface area contributed by atoms with Crippen LogP contribution in [0.25, 0.3) is 0 Å². The highest BCUT2D eigenvalue weighted by Crippen LogP contribution is 2.03. The van der Waals surface area contributed by atoms with Crippen molar-refractivity contribution in [1.82, 2.24) is 9.55 Å². The molecule has 7 heteroatoms. The lowest BCUT2D eigenvalue weighted by Gasteiger charge is -2.13. The standard InChI is InChI=1S/C8H10N2O5/c1-2-15-6(7(12)13)10-4-3-5(11)9-8(10)14/h3-4,6H,2H2,1H3,(H,12,13)(H,9,11,14). The van der Waals surface area contributed by atoms with E-state index in [1.54, 1.807) is 6.92 Å². The number of aromatic amines is 1. The second-order valence-corrected chi connectivity index (χ2v) is 2.66. The number of ether oxygens (including phenoxy) is 1. The highest BCUT2D eigenvalue weighted by Gasteiger charge is 2.20. The molecular formula is C8H10N2O5. The van der Waals surface area contributed by atoms with Gasteiger partial charge in [-0.3, -0.25) is 14.3 Å². The Bertz CT molecular complexity index is 461. The van der Waals surface area contributed by atoms with Crippen LogP contribution in [0.1, 0.15) is 13.2 Å². The minimum atomic E-state index is -1.42. The van der Waals surface area contributed by atoms with Crippen molar-refractivity contribution in [2.75, 3.05) is 6.61 Å². The minimum Gasteiger partial charge on any atom is -0.478 e. The number of aliphatic carboxylic acids is 1. The van der Waals surface area contributed by atoms with Crippen LogP contribution in [0.4, 0.5) is 0 Å². The Morgan fingerprint density at radius 2 is 2.33 bits per heavy atom. The Morgan fingerprint density at radius 1 is 1.67 bits per heavy atom. The van der Waals surface area contributed by atoms with E-state index in [0.29, 0.717) is 0 Å². The third kappa shape index (κ3) is 2.53. The van der Waals surface area contributed by atoms with Gasteiger partial charge in [-0.1, -0.05) is 0 Å². The molecule has 0 aliphatic carbocycles. The van der Waals surface area contributed by atoms with Gasteiger partial charge in [-0.2, -0.15) is 0 Å². The van der Waals surface area contributed by atoms with Gasteiger partial charge in [0.15, 0.2) is 0 Å². The molecule has 1 heterocycles. The number of H-pyrrole nitrogens is 1. The third-order valence-electron chi connectivity index (χ3n) is 1.64. The van der Waals surface area contributed by atoms with Crippen LogP contribution in [-0.4, -0.2) is 27.2 Å². The lowest BCUT2D eigenvalue weighted by Crippen LogP contribution is -2.35. The van der Waals surface area contributed by atoms with Gasteiger partial charge >= 0.3 is 11.7 Å². The fourth-order valence-electron chi connectivity index (χ4n) is 1.04. The van der Waals surface area contributed by atoms with E-state index in [1.165, 1.54) is 0 Å². The zero-order chi connectivity index (χ0) is 11.4. The summed E-state index contributed by atoms with van der Waals surface area (Å²) in [7, 11) is 0. The molecule has 2 N–H and O–H groups in total. The molecule has 1 aromatic rings. The highest BCUT2D eigenvalue weighted by molar-refractivity contribution is 5.70. The Labute approximate surface area is 83.9 Å². The molecular weight excluding hydrogens is 204 g/mol. The molecule has 0 saturated heterocycles. The molecule has 1 aromatic heterocycles. The SMILES string of the molecule is CCOC(C(=O)O)n1ccc(=O)[nH]c1=O. The van der Waals surface area contributed by atoms with Crippen molar-refractivity contribution >= 4 is 5.97 Å². The molecule has 0 saturated carbocycles. The number of carbonyl (C=O) groups is 1. The summed E-state index contributed by atoms with van der Waals surface area (Å²) in [6, 6.07) is 1.05. The lowest BCUT2D eigenvalue weighted by atomic mass is 10.5. The van der Waals surface area contributed by atoms with Crippen LogP contribution in [0, 0.1) is 0 Å². The van der Waals surface area contributed by atoms with Crippen molar-refractivity contribution in [3.63, 3.8) is 0 Å². The van der Waals surface area contributed by atoms with Crippen molar-refractivity contribution in [1.29, 1.82) is 0 Å². The third-order valence-corrected chi connectivity index (χ3v) is 1.64. The van der Waals surface area contributed by atoms with E-state index in [0.717, 1.165) is 16.8 Å². The van der Waals surface area contributed by atoms with Gasteiger partial charge < -0.3 is 9.84 Å². The van der Waals surface area contributed by atoms with Crippen LogP contribution >= 0.6 is 0 Å². The molecule has 0 aromatic carbocycles. The van der Waals surface area contributed by atoms with Crippen LogP contribution < -0.4 is 11.2 Å². The second kappa shape index (κ2) is 4.56. The summed E-state index contributed by atoms with van der Waals surface area (Å²) in [5, 5.41) is 8.77. The normalized spacial score (nSPS) is 12.3. The van der Waals surface area contributed by atoms with Gasteiger partial charge in [0.1, 0.15) is 0 Å². The number of nitrogens with one attached hydrogen (secondary N) is 1. The topological polar surface area (TPSA) is 101 Å². The zero-order valence-electron chi connectivity index (χ0n) is 7.97. The van der Waals surface area contributed by atoms with Crippen LogP contribution in [0.5, 0.6) is 0 Å². The van der Waals surface area contributed by atoms with Gasteiger partial charge in [0.2, 0.25) is 6.23 Å². The molecule has 1 unspecified atom stereocenters. The summed E-state index contributed by atoms with van der Waals surface area (Å²) >= 11 is 0. The largest absolute Gasteiger partial charge is 0.478 e. The smallest absolute Gasteiger partial charge is 0.354 e. The summed E-state index contributed by atoms with van der Waals surface area (Å²) in [6.45, 7) is 1.75. The Kier molecular flexibility index (Phi) is 3.40. The van der Waals surface area contributed by atoms with E-state index in [2.05, 4.69) is 0 Å². The summed E-state index contributed by atoms with van der Waals surface area (Å²) in [5.74, 6) is -1.30. The van der Waals surface area contributed by atoms with Gasteiger partial charge in [-0.25, -0.2) is 9.59 Å². The molecule has 0 spiro atoms. The van der Waals surface area contributed by atoms with Crippen LogP contribution in [0.3, 0.4) is 0 Å². The summed E-state index contributed by atoms with van der Waals surface area (Å²) < 4.78 is 5.65. The van der Waals surface area contributed by atoms with E-state index >= 15 is 0 Å². The number of carboxylic acids is 1. The van der Waals surface area contributed by atoms with E-state index in [9.17, 15) is 14.4 Å². The number of hydrogen-bond acceptors (Lipinski definition) is 4. The Morgan fingerprint density at radius 3 is 2.80 bits per heavy atom. The molecule has 15 heavy (non-hydrogen) atoms. The van der Waals surface area contributed by atoms with E-state index in [4.69, 9.17) is 9.84 Å². The van der Waals surface area contributed by atoms with Crippen LogP contribution in [-0.2, 0) is 9.53 Å². The molecule has 0 radical (unpaired) electrons. The van der Waals surface area contributed by atoms with Gasteiger partial charge in [0, 0.05) is 18.9 Å². The Hall–Kier alpha value is -1.89. The van der Waals surface area contributed by atoms with Crippen LogP contribution in [0.15, 0.2) is 21.9 Å². The first-order valence-electron chi connectivity index (χ1n) is 4.22. The molecule has 1 rings (SSSR count). The van der Waals surface area contributed by atoms with Crippen molar-refractivity contribution < 1.29 is 14.6 Å². The monoisotopic (exact) mass is 214 g/mol. The quantitative estimate of drug-likeness (QED) is 0.680. The maximum absolute atomic E-state index is 11.2. The maximum atomic E-state index is 11.2. The van der Waals surface area contributed by atoms with Gasteiger partial charge in [-0.05, 0) is 6.92 Å². The summed E-state index contributed by atoms with van der Waals surface area (Å²) in [6.07, 6.45) is -0.338. The molecule has 7 nitrogen and oxygen atoms in total. The number of nitrogens with zero attached hydrogens (tertiary/aromatic N) is 1. The molecule has 0 bridgehead atoms. The van der Waals surface area contributed by atoms with E-state index in [1.807, 2.05) is 4.98 Å². The highest BCUT2D eigenvalue weighted by atomic mass is 16.5. The molecule has 1 atom stereocenters. The van der Waals surface area contributed by atoms with Gasteiger partial charge in [-0.15, -0.1) is 0 Å². The van der Waals surface area contributed by atoms with Gasteiger partial charge in [0.25, 0.3) is 5.56 Å². The minimum absolute atomic E-state index is 0.141. The fourth-order valence-corrected chi connectivity index (χ4v) is 1.04. The molecule has 0 amide bonds. The van der Waals surface area contributed by atoms with Crippen LogP contribution in [0.2, 0.25) is 0 Å². The molecule has 82 valence electrons. The van der Waals surface area contributed by atoms with Gasteiger partial charge in [0.05, 0.1) is 0 Å². The maximum Gasteiger partial charge on any atom is 0.354 e. The average Bonchev–Trinajstić information content (AvgIpc) is 2.15. The number of hydrogen-bond donors (Lipinski definition) is 2. The number of carboxylic acid groups (broad SMARTS) is 1. The van der Waals surface area contributed by atoms with E-state index in [-0.39, 0.29) is 6.61 Å². The van der Waals surface area contributed by atoms with Crippen molar-refractivity contribution in [3.05, 3.63) is 33.1 Å². The summed E-state index contributed by atoms with van der Waals surface area (Å²) in [4.78, 5) is 34.7.